The van der Waals surface area contributed by atoms with E-state index >= 15 is 0 Å². The molecule has 138 valence electrons. The summed E-state index contributed by atoms with van der Waals surface area (Å²) in [7, 11) is 0. The van der Waals surface area contributed by atoms with Crippen molar-refractivity contribution in [2.24, 2.45) is 5.92 Å². The molecule has 1 aliphatic rings. The highest BCUT2D eigenvalue weighted by Gasteiger charge is 2.26. The molecule has 1 aliphatic carbocycles. The van der Waals surface area contributed by atoms with Gasteiger partial charge in [-0.15, -0.1) is 0 Å². The summed E-state index contributed by atoms with van der Waals surface area (Å²) in [4.78, 5) is 12.7. The quantitative estimate of drug-likeness (QED) is 0.713. The number of carbonyl (C=O) groups is 1. The number of benzene rings is 2. The normalized spacial score (nSPS) is 14.9. The monoisotopic (exact) mass is 370 g/mol. The minimum atomic E-state index is -0.0975. The summed E-state index contributed by atoms with van der Waals surface area (Å²) in [5.74, 6) is 0.375. The van der Waals surface area contributed by atoms with Crippen LogP contribution in [-0.2, 0) is 12.8 Å². The molecule has 3 rings (SSSR count). The molecule has 4 heteroatoms. The van der Waals surface area contributed by atoms with E-state index in [0.29, 0.717) is 10.9 Å². The van der Waals surface area contributed by atoms with Crippen LogP contribution in [0.15, 0.2) is 48.5 Å². The first kappa shape index (κ1) is 18.8. The van der Waals surface area contributed by atoms with Gasteiger partial charge in [-0.1, -0.05) is 74.7 Å². The highest BCUT2D eigenvalue weighted by molar-refractivity contribution is 6.30. The van der Waals surface area contributed by atoms with E-state index in [9.17, 15) is 4.79 Å². The summed E-state index contributed by atoms with van der Waals surface area (Å²) in [6.07, 6.45) is 3.80. The molecule has 2 amide bonds. The standard InChI is InChI=1S/C22H27ClN2O/c1-3-15(4-2)21(18-10-7-11-19(23)12-18)25-22(26)24-20-13-16-8-5-6-9-17(16)14-20/h5-12,15,20-21H,3-4,13-14H2,1-2H3,(H2,24,25,26)/t21-/m0/s1. The minimum absolute atomic E-state index is 0.0347. The van der Waals surface area contributed by atoms with E-state index in [1.54, 1.807) is 0 Å². The first-order valence-electron chi connectivity index (χ1n) is 9.50. The molecule has 2 aromatic rings. The van der Waals surface area contributed by atoms with E-state index in [-0.39, 0.29) is 18.1 Å². The second-order valence-electron chi connectivity index (χ2n) is 7.10. The molecule has 26 heavy (non-hydrogen) atoms. The molecule has 2 aromatic carbocycles. The fraction of sp³-hybridized carbons (Fsp3) is 0.409. The molecule has 0 radical (unpaired) electrons. The van der Waals surface area contributed by atoms with Crippen LogP contribution >= 0.6 is 11.6 Å². The molecule has 0 saturated carbocycles. The van der Waals surface area contributed by atoms with Crippen LogP contribution in [0.5, 0.6) is 0 Å². The first-order chi connectivity index (χ1) is 12.6. The van der Waals surface area contributed by atoms with Crippen LogP contribution in [0, 0.1) is 5.92 Å². The first-order valence-corrected chi connectivity index (χ1v) is 9.87. The Kier molecular flexibility index (Phi) is 6.20. The Hall–Kier alpha value is -2.00. The van der Waals surface area contributed by atoms with Crippen molar-refractivity contribution in [3.63, 3.8) is 0 Å². The van der Waals surface area contributed by atoms with Gasteiger partial charge in [0.1, 0.15) is 0 Å². The van der Waals surface area contributed by atoms with Crippen LogP contribution in [0.2, 0.25) is 5.02 Å². The SMILES string of the molecule is CCC(CC)[C@H](NC(=O)NC1Cc2ccccc2C1)c1cccc(Cl)c1. The van der Waals surface area contributed by atoms with Gasteiger partial charge >= 0.3 is 6.03 Å². The zero-order chi connectivity index (χ0) is 18.5. The van der Waals surface area contributed by atoms with Gasteiger partial charge in [-0.3, -0.25) is 0 Å². The Morgan fingerprint density at radius 3 is 2.31 bits per heavy atom. The molecule has 3 nitrogen and oxygen atoms in total. The predicted molar refractivity (Wildman–Crippen MR) is 108 cm³/mol. The number of nitrogens with one attached hydrogen (secondary N) is 2. The molecular weight excluding hydrogens is 344 g/mol. The van der Waals surface area contributed by atoms with Crippen molar-refractivity contribution < 1.29 is 4.79 Å². The fourth-order valence-electron chi connectivity index (χ4n) is 3.96. The van der Waals surface area contributed by atoms with Crippen molar-refractivity contribution in [1.82, 2.24) is 10.6 Å². The summed E-state index contributed by atoms with van der Waals surface area (Å²) >= 11 is 6.18. The molecule has 0 bridgehead atoms. The summed E-state index contributed by atoms with van der Waals surface area (Å²) in [6, 6.07) is 16.2. The summed E-state index contributed by atoms with van der Waals surface area (Å²) in [5, 5.41) is 7.07. The van der Waals surface area contributed by atoms with E-state index < -0.39 is 0 Å². The maximum Gasteiger partial charge on any atom is 0.315 e. The molecule has 0 spiro atoms. The number of urea groups is 1. The molecular formula is C22H27ClN2O. The summed E-state index contributed by atoms with van der Waals surface area (Å²) in [6.45, 7) is 4.33. The number of rotatable bonds is 6. The zero-order valence-electron chi connectivity index (χ0n) is 15.5. The van der Waals surface area contributed by atoms with Crippen molar-refractivity contribution in [2.45, 2.75) is 51.6 Å². The third kappa shape index (κ3) is 4.39. The van der Waals surface area contributed by atoms with E-state index in [2.05, 4.69) is 48.7 Å². The van der Waals surface area contributed by atoms with Crippen molar-refractivity contribution in [3.05, 3.63) is 70.2 Å². The molecule has 0 aliphatic heterocycles. The second kappa shape index (κ2) is 8.59. The van der Waals surface area contributed by atoms with Gasteiger partial charge in [0.05, 0.1) is 6.04 Å². The summed E-state index contributed by atoms with van der Waals surface area (Å²) in [5.41, 5.74) is 3.74. The Balaban J connectivity index is 1.68. The molecule has 0 aromatic heterocycles. The van der Waals surface area contributed by atoms with Gasteiger partial charge in [0.25, 0.3) is 0 Å². The number of fused-ring (bicyclic) bond motifs is 1. The Bertz CT molecular complexity index is 732. The number of amides is 2. The van der Waals surface area contributed by atoms with Gasteiger partial charge in [0.15, 0.2) is 0 Å². The lowest BCUT2D eigenvalue weighted by molar-refractivity contribution is 0.226. The fourth-order valence-corrected chi connectivity index (χ4v) is 4.16. The molecule has 2 N–H and O–H groups in total. The smallest absolute Gasteiger partial charge is 0.315 e. The van der Waals surface area contributed by atoms with Crippen LogP contribution < -0.4 is 10.6 Å². The van der Waals surface area contributed by atoms with Gasteiger partial charge in [-0.05, 0) is 47.6 Å². The molecule has 1 atom stereocenters. The lowest BCUT2D eigenvalue weighted by Gasteiger charge is -2.28. The Morgan fingerprint density at radius 2 is 1.73 bits per heavy atom. The third-order valence-electron chi connectivity index (χ3n) is 5.40. The van der Waals surface area contributed by atoms with Gasteiger partial charge in [0, 0.05) is 11.1 Å². The number of carbonyl (C=O) groups excluding carboxylic acids is 1. The van der Waals surface area contributed by atoms with Gasteiger partial charge < -0.3 is 10.6 Å². The molecule has 0 heterocycles. The van der Waals surface area contributed by atoms with Gasteiger partial charge in [-0.25, -0.2) is 4.79 Å². The maximum absolute atomic E-state index is 12.7. The molecule has 0 fully saturated rings. The Labute approximate surface area is 161 Å². The highest BCUT2D eigenvalue weighted by atomic mass is 35.5. The van der Waals surface area contributed by atoms with Crippen molar-refractivity contribution in [2.75, 3.05) is 0 Å². The van der Waals surface area contributed by atoms with E-state index in [1.165, 1.54) is 11.1 Å². The number of halogens is 1. The predicted octanol–water partition coefficient (Wildman–Crippen LogP) is 5.28. The topological polar surface area (TPSA) is 41.1 Å². The van der Waals surface area contributed by atoms with Gasteiger partial charge in [-0.2, -0.15) is 0 Å². The largest absolute Gasteiger partial charge is 0.335 e. The van der Waals surface area contributed by atoms with E-state index in [4.69, 9.17) is 11.6 Å². The summed E-state index contributed by atoms with van der Waals surface area (Å²) < 4.78 is 0. The zero-order valence-corrected chi connectivity index (χ0v) is 16.2. The van der Waals surface area contributed by atoms with Crippen LogP contribution in [0.3, 0.4) is 0 Å². The average Bonchev–Trinajstić information content (AvgIpc) is 3.04. The van der Waals surface area contributed by atoms with Crippen LogP contribution in [0.1, 0.15) is 49.4 Å². The van der Waals surface area contributed by atoms with E-state index in [1.807, 2.05) is 24.3 Å². The average molecular weight is 371 g/mol. The number of hydrogen-bond donors (Lipinski definition) is 2. The van der Waals surface area contributed by atoms with E-state index in [0.717, 1.165) is 31.2 Å². The lowest BCUT2D eigenvalue weighted by atomic mass is 9.89. The second-order valence-corrected chi connectivity index (χ2v) is 7.54. The van der Waals surface area contributed by atoms with Crippen LogP contribution in [-0.4, -0.2) is 12.1 Å². The maximum atomic E-state index is 12.7. The Morgan fingerprint density at radius 1 is 1.08 bits per heavy atom. The minimum Gasteiger partial charge on any atom is -0.335 e. The third-order valence-corrected chi connectivity index (χ3v) is 5.64. The van der Waals surface area contributed by atoms with Crippen molar-refractivity contribution in [3.8, 4) is 0 Å². The highest BCUT2D eigenvalue weighted by Crippen LogP contribution is 2.29. The molecule has 0 unspecified atom stereocenters. The van der Waals surface area contributed by atoms with Crippen molar-refractivity contribution >= 4 is 17.6 Å². The van der Waals surface area contributed by atoms with Crippen LogP contribution in [0.4, 0.5) is 4.79 Å². The van der Waals surface area contributed by atoms with Gasteiger partial charge in [0.2, 0.25) is 0 Å². The molecule has 0 saturated heterocycles. The van der Waals surface area contributed by atoms with Crippen molar-refractivity contribution in [1.29, 1.82) is 0 Å². The lowest BCUT2D eigenvalue weighted by Crippen LogP contribution is -2.45. The number of hydrogen-bond acceptors (Lipinski definition) is 1. The van der Waals surface area contributed by atoms with Crippen LogP contribution in [0.25, 0.3) is 0 Å².